The van der Waals surface area contributed by atoms with Crippen LogP contribution >= 0.6 is 0 Å². The number of nitrogens with one attached hydrogen (secondary N) is 2. The summed E-state index contributed by atoms with van der Waals surface area (Å²) in [6, 6.07) is 0. The maximum Gasteiger partial charge on any atom is 0.246 e. The minimum atomic E-state index is -0.129. The van der Waals surface area contributed by atoms with Gasteiger partial charge in [0, 0.05) is 25.6 Å². The normalized spacial score (nSPS) is 12.0. The first-order valence-corrected chi connectivity index (χ1v) is 10.5. The Hall–Kier alpha value is -1.26. The molecule has 0 aliphatic rings. The van der Waals surface area contributed by atoms with Crippen molar-refractivity contribution in [3.05, 3.63) is 0 Å². The van der Waals surface area contributed by atoms with Crippen LogP contribution in [0.15, 0.2) is 0 Å². The number of ether oxygens (including phenoxy) is 5. The molecule has 9 nitrogen and oxygen atoms in total. The van der Waals surface area contributed by atoms with E-state index in [0.29, 0.717) is 72.6 Å². The zero-order chi connectivity index (χ0) is 21.6. The van der Waals surface area contributed by atoms with E-state index >= 15 is 0 Å². The molecule has 9 heteroatoms. The molecule has 2 N–H and O–H groups in total. The zero-order valence-corrected chi connectivity index (χ0v) is 18.3. The van der Waals surface area contributed by atoms with Crippen LogP contribution in [0.1, 0.15) is 33.6 Å². The third-order valence-electron chi connectivity index (χ3n) is 3.87. The van der Waals surface area contributed by atoms with Gasteiger partial charge < -0.3 is 34.3 Å². The summed E-state index contributed by atoms with van der Waals surface area (Å²) in [5, 5.41) is 5.55. The van der Waals surface area contributed by atoms with Crippen LogP contribution in [0, 0.1) is 5.92 Å². The Balaban J connectivity index is 3.17. The molecule has 1 atom stereocenters. The fourth-order valence-electron chi connectivity index (χ4n) is 1.99. The van der Waals surface area contributed by atoms with Gasteiger partial charge in [-0.05, 0) is 12.8 Å². The van der Waals surface area contributed by atoms with E-state index in [1.807, 2.05) is 20.8 Å². The maximum atomic E-state index is 11.5. The van der Waals surface area contributed by atoms with E-state index in [9.17, 15) is 9.59 Å². The van der Waals surface area contributed by atoms with E-state index < -0.39 is 0 Å². The highest BCUT2D eigenvalue weighted by atomic mass is 16.6. The highest BCUT2D eigenvalue weighted by Crippen LogP contribution is 1.98. The van der Waals surface area contributed by atoms with Gasteiger partial charge in [0.2, 0.25) is 11.8 Å². The smallest absolute Gasteiger partial charge is 0.246 e. The Bertz CT molecular complexity index is 397. The summed E-state index contributed by atoms with van der Waals surface area (Å²) >= 11 is 0. The van der Waals surface area contributed by atoms with E-state index in [1.165, 1.54) is 0 Å². The van der Waals surface area contributed by atoms with Gasteiger partial charge in [-0.1, -0.05) is 20.8 Å². The molecule has 0 aromatic rings. The molecule has 172 valence electrons. The first kappa shape index (κ1) is 27.7. The molecule has 0 aliphatic carbocycles. The summed E-state index contributed by atoms with van der Waals surface area (Å²) in [7, 11) is 0. The number of rotatable bonds is 21. The number of hydrogen-bond acceptors (Lipinski definition) is 7. The van der Waals surface area contributed by atoms with Gasteiger partial charge >= 0.3 is 0 Å². The lowest BCUT2D eigenvalue weighted by molar-refractivity contribution is -0.126. The van der Waals surface area contributed by atoms with Crippen molar-refractivity contribution in [2.45, 2.75) is 33.6 Å². The Kier molecular flexibility index (Phi) is 20.5. The minimum absolute atomic E-state index is 0.0417. The van der Waals surface area contributed by atoms with Crippen LogP contribution in [0.25, 0.3) is 0 Å². The molecule has 0 heterocycles. The fourth-order valence-corrected chi connectivity index (χ4v) is 1.99. The standard InChI is InChI=1S/C20H40N2O7/c1-4-8-29-17-19(23)21-6-9-25-11-13-27-15-16-28-14-12-26-10-7-22-20(24)18(3)5-2/h18H,4-17H2,1-3H3,(H,21,23)(H,22,24). The maximum absolute atomic E-state index is 11.5. The number of carbonyl (C=O) groups is 2. The van der Waals surface area contributed by atoms with Gasteiger partial charge in [-0.25, -0.2) is 0 Å². The molecule has 29 heavy (non-hydrogen) atoms. The van der Waals surface area contributed by atoms with Crippen LogP contribution in [0.5, 0.6) is 0 Å². The van der Waals surface area contributed by atoms with Gasteiger partial charge in [0.15, 0.2) is 0 Å². The summed E-state index contributed by atoms with van der Waals surface area (Å²) in [5.74, 6) is -0.0227. The summed E-state index contributed by atoms with van der Waals surface area (Å²) in [5.41, 5.74) is 0. The largest absolute Gasteiger partial charge is 0.377 e. The Morgan fingerprint density at radius 2 is 1.17 bits per heavy atom. The lowest BCUT2D eigenvalue weighted by atomic mass is 10.1. The van der Waals surface area contributed by atoms with E-state index in [4.69, 9.17) is 23.7 Å². The third kappa shape index (κ3) is 19.8. The quantitative estimate of drug-likeness (QED) is 0.264. The van der Waals surface area contributed by atoms with E-state index in [1.54, 1.807) is 0 Å². The van der Waals surface area contributed by atoms with Crippen molar-refractivity contribution in [2.24, 2.45) is 5.92 Å². The third-order valence-corrected chi connectivity index (χ3v) is 3.87. The molecular formula is C20H40N2O7. The predicted octanol–water partition coefficient (Wildman–Crippen LogP) is 0.758. The first-order chi connectivity index (χ1) is 14.1. The van der Waals surface area contributed by atoms with Gasteiger partial charge in [0.25, 0.3) is 0 Å². The number of hydrogen-bond donors (Lipinski definition) is 2. The fraction of sp³-hybridized carbons (Fsp3) is 0.900. The van der Waals surface area contributed by atoms with Crippen molar-refractivity contribution < 1.29 is 33.3 Å². The van der Waals surface area contributed by atoms with Crippen molar-refractivity contribution in [2.75, 3.05) is 79.2 Å². The van der Waals surface area contributed by atoms with Gasteiger partial charge in [0.1, 0.15) is 6.61 Å². The molecule has 0 aromatic heterocycles. The second-order valence-electron chi connectivity index (χ2n) is 6.45. The lowest BCUT2D eigenvalue weighted by Gasteiger charge is -2.10. The average Bonchev–Trinajstić information content (AvgIpc) is 2.72. The van der Waals surface area contributed by atoms with Crippen LogP contribution in [0.3, 0.4) is 0 Å². The summed E-state index contributed by atoms with van der Waals surface area (Å²) < 4.78 is 26.7. The molecule has 0 saturated carbocycles. The number of carbonyl (C=O) groups excluding carboxylic acids is 2. The minimum Gasteiger partial charge on any atom is -0.377 e. The Labute approximate surface area is 175 Å². The van der Waals surface area contributed by atoms with Crippen LogP contribution in [0.2, 0.25) is 0 Å². The molecule has 1 unspecified atom stereocenters. The van der Waals surface area contributed by atoms with Crippen molar-refractivity contribution in [1.82, 2.24) is 10.6 Å². The highest BCUT2D eigenvalue weighted by molar-refractivity contribution is 5.78. The molecule has 0 aliphatic heterocycles. The summed E-state index contributed by atoms with van der Waals surface area (Å²) in [6.07, 6.45) is 1.73. The second kappa shape index (κ2) is 21.4. The molecular weight excluding hydrogens is 380 g/mol. The monoisotopic (exact) mass is 420 g/mol. The van der Waals surface area contributed by atoms with Crippen molar-refractivity contribution in [1.29, 1.82) is 0 Å². The summed E-state index contributed by atoms with van der Waals surface area (Å²) in [6.45, 7) is 11.4. The summed E-state index contributed by atoms with van der Waals surface area (Å²) in [4.78, 5) is 22.9. The molecule has 0 bridgehead atoms. The van der Waals surface area contributed by atoms with E-state index in [2.05, 4.69) is 10.6 Å². The molecule has 0 aromatic carbocycles. The van der Waals surface area contributed by atoms with Crippen molar-refractivity contribution >= 4 is 11.8 Å². The van der Waals surface area contributed by atoms with Gasteiger partial charge in [-0.3, -0.25) is 9.59 Å². The Morgan fingerprint density at radius 3 is 1.66 bits per heavy atom. The predicted molar refractivity (Wildman–Crippen MR) is 110 cm³/mol. The van der Waals surface area contributed by atoms with E-state index in [-0.39, 0.29) is 24.3 Å². The van der Waals surface area contributed by atoms with Gasteiger partial charge in [-0.2, -0.15) is 0 Å². The van der Waals surface area contributed by atoms with Crippen LogP contribution < -0.4 is 10.6 Å². The SMILES string of the molecule is CCCOCC(=O)NCCOCCOCCOCCOCCNC(=O)C(C)CC. The topological polar surface area (TPSA) is 104 Å². The molecule has 0 saturated heterocycles. The molecule has 0 fully saturated rings. The Morgan fingerprint density at radius 1 is 0.690 bits per heavy atom. The van der Waals surface area contributed by atoms with E-state index in [0.717, 1.165) is 12.8 Å². The van der Waals surface area contributed by atoms with Crippen LogP contribution in [-0.2, 0) is 33.3 Å². The number of amides is 2. The van der Waals surface area contributed by atoms with Crippen molar-refractivity contribution in [3.63, 3.8) is 0 Å². The first-order valence-electron chi connectivity index (χ1n) is 10.5. The molecule has 2 amide bonds. The highest BCUT2D eigenvalue weighted by Gasteiger charge is 2.08. The average molecular weight is 421 g/mol. The van der Waals surface area contributed by atoms with Crippen LogP contribution in [0.4, 0.5) is 0 Å². The zero-order valence-electron chi connectivity index (χ0n) is 18.3. The lowest BCUT2D eigenvalue weighted by Crippen LogP contribution is -2.31. The van der Waals surface area contributed by atoms with Crippen molar-refractivity contribution in [3.8, 4) is 0 Å². The molecule has 0 spiro atoms. The molecule has 0 radical (unpaired) electrons. The van der Waals surface area contributed by atoms with Gasteiger partial charge in [-0.15, -0.1) is 0 Å². The van der Waals surface area contributed by atoms with Crippen LogP contribution in [-0.4, -0.2) is 91.0 Å². The molecule has 0 rings (SSSR count). The second-order valence-corrected chi connectivity index (χ2v) is 6.45. The van der Waals surface area contributed by atoms with Gasteiger partial charge in [0.05, 0.1) is 52.9 Å².